The van der Waals surface area contributed by atoms with Crippen LogP contribution in [-0.4, -0.2) is 9.55 Å². The lowest BCUT2D eigenvalue weighted by molar-refractivity contribution is 0.708. The van der Waals surface area contributed by atoms with Gasteiger partial charge in [-0.05, 0) is 18.1 Å². The number of aryl methyl sites for hydroxylation is 1. The topological polar surface area (TPSA) is 54.9 Å². The van der Waals surface area contributed by atoms with Gasteiger partial charge in [-0.3, -0.25) is 14.3 Å². The summed E-state index contributed by atoms with van der Waals surface area (Å²) < 4.78 is 1.46. The first kappa shape index (κ1) is 12.6. The minimum absolute atomic E-state index is 0.321. The number of nitrogens with zero attached hydrogens (tertiary/aromatic N) is 1. The fourth-order valence-corrected chi connectivity index (χ4v) is 1.93. The number of hydrogen-bond acceptors (Lipinski definition) is 2. The van der Waals surface area contributed by atoms with Gasteiger partial charge in [0, 0.05) is 16.8 Å². The second-order valence-electron chi connectivity index (χ2n) is 3.99. The number of H-pyrrole nitrogens is 1. The average Bonchev–Trinajstić information content (AvgIpc) is 2.35. The minimum atomic E-state index is -0.419. The van der Waals surface area contributed by atoms with Gasteiger partial charge in [-0.1, -0.05) is 36.7 Å². The third-order valence-corrected chi connectivity index (χ3v) is 3.13. The molecular weight excluding hydrogens is 252 g/mol. The van der Waals surface area contributed by atoms with E-state index in [9.17, 15) is 9.59 Å². The normalized spacial score (nSPS) is 10.6. The van der Waals surface area contributed by atoms with Crippen molar-refractivity contribution in [3.8, 4) is 0 Å². The molecule has 2 rings (SSSR count). The second kappa shape index (κ2) is 5.23. The summed E-state index contributed by atoms with van der Waals surface area (Å²) in [5.74, 6) is 0. The molecule has 0 atom stereocenters. The third kappa shape index (κ3) is 2.54. The highest BCUT2D eigenvalue weighted by molar-refractivity contribution is 6.31. The van der Waals surface area contributed by atoms with E-state index in [1.807, 2.05) is 25.1 Å². The van der Waals surface area contributed by atoms with Gasteiger partial charge in [0.2, 0.25) is 0 Å². The Morgan fingerprint density at radius 3 is 2.61 bits per heavy atom. The smallest absolute Gasteiger partial charge is 0.296 e. The monoisotopic (exact) mass is 264 g/mol. The Hall–Kier alpha value is -1.81. The number of aromatic amines is 1. The van der Waals surface area contributed by atoms with Gasteiger partial charge in [0.05, 0.1) is 6.54 Å². The Kier molecular flexibility index (Phi) is 3.67. The summed E-state index contributed by atoms with van der Waals surface area (Å²) in [4.78, 5) is 25.4. The molecule has 0 saturated heterocycles. The summed E-state index contributed by atoms with van der Waals surface area (Å²) in [6.45, 7) is 2.22. The highest BCUT2D eigenvalue weighted by Crippen LogP contribution is 2.15. The Morgan fingerprint density at radius 2 is 1.94 bits per heavy atom. The van der Waals surface area contributed by atoms with Crippen LogP contribution >= 0.6 is 11.6 Å². The van der Waals surface area contributed by atoms with E-state index in [0.717, 1.165) is 5.56 Å². The van der Waals surface area contributed by atoms with Crippen LogP contribution in [0, 0.1) is 0 Å². The molecule has 0 saturated carbocycles. The molecule has 1 heterocycles. The largest absolute Gasteiger partial charge is 0.328 e. The van der Waals surface area contributed by atoms with Crippen molar-refractivity contribution in [1.29, 1.82) is 0 Å². The molecule has 0 amide bonds. The molecule has 0 radical (unpaired) electrons. The average molecular weight is 265 g/mol. The van der Waals surface area contributed by atoms with Crippen molar-refractivity contribution in [2.45, 2.75) is 19.9 Å². The van der Waals surface area contributed by atoms with Crippen molar-refractivity contribution in [2.24, 2.45) is 0 Å². The molecule has 1 aromatic heterocycles. The van der Waals surface area contributed by atoms with Gasteiger partial charge < -0.3 is 0 Å². The predicted octanol–water partition coefficient (Wildman–Crippen LogP) is 1.80. The lowest BCUT2D eigenvalue weighted by Gasteiger charge is -2.08. The standard InChI is InChI=1S/C13H13ClN2O2/c1-2-9-7-16(13(18)15-12(9)17)8-10-5-3-4-6-11(10)14/h3-7H,2,8H2,1H3,(H,15,17,18). The van der Waals surface area contributed by atoms with Gasteiger partial charge in [-0.2, -0.15) is 0 Å². The zero-order valence-electron chi connectivity index (χ0n) is 9.94. The van der Waals surface area contributed by atoms with Crippen LogP contribution in [0.2, 0.25) is 5.02 Å². The van der Waals surface area contributed by atoms with Crippen LogP contribution < -0.4 is 11.2 Å². The van der Waals surface area contributed by atoms with Crippen molar-refractivity contribution in [3.63, 3.8) is 0 Å². The van der Waals surface area contributed by atoms with E-state index >= 15 is 0 Å². The van der Waals surface area contributed by atoms with Crippen molar-refractivity contribution in [3.05, 3.63) is 67.4 Å². The maximum Gasteiger partial charge on any atom is 0.328 e. The second-order valence-corrected chi connectivity index (χ2v) is 4.39. The first-order chi connectivity index (χ1) is 8.61. The van der Waals surface area contributed by atoms with Crippen molar-refractivity contribution >= 4 is 11.6 Å². The summed E-state index contributed by atoms with van der Waals surface area (Å²) in [5.41, 5.74) is 0.687. The first-order valence-corrected chi connectivity index (χ1v) is 6.05. The molecule has 4 nitrogen and oxygen atoms in total. The van der Waals surface area contributed by atoms with Crippen LogP contribution in [-0.2, 0) is 13.0 Å². The van der Waals surface area contributed by atoms with Gasteiger partial charge in [0.1, 0.15) is 0 Å². The first-order valence-electron chi connectivity index (χ1n) is 5.68. The molecular formula is C13H13ClN2O2. The molecule has 94 valence electrons. The molecule has 1 aromatic carbocycles. The zero-order chi connectivity index (χ0) is 13.1. The van der Waals surface area contributed by atoms with Crippen LogP contribution in [0.3, 0.4) is 0 Å². The van der Waals surface area contributed by atoms with E-state index in [2.05, 4.69) is 4.98 Å². The van der Waals surface area contributed by atoms with Crippen molar-refractivity contribution in [1.82, 2.24) is 9.55 Å². The van der Waals surface area contributed by atoms with Gasteiger partial charge in [-0.25, -0.2) is 4.79 Å². The van der Waals surface area contributed by atoms with E-state index in [1.54, 1.807) is 12.3 Å². The maximum atomic E-state index is 11.7. The third-order valence-electron chi connectivity index (χ3n) is 2.76. The fourth-order valence-electron chi connectivity index (χ4n) is 1.73. The lowest BCUT2D eigenvalue weighted by Crippen LogP contribution is -2.31. The van der Waals surface area contributed by atoms with Crippen molar-refractivity contribution < 1.29 is 0 Å². The number of aromatic nitrogens is 2. The van der Waals surface area contributed by atoms with Crippen molar-refractivity contribution in [2.75, 3.05) is 0 Å². The number of benzene rings is 1. The zero-order valence-corrected chi connectivity index (χ0v) is 10.7. The van der Waals surface area contributed by atoms with Crippen LogP contribution in [0.25, 0.3) is 0 Å². The summed E-state index contributed by atoms with van der Waals surface area (Å²) in [7, 11) is 0. The van der Waals surface area contributed by atoms with Gasteiger partial charge in [0.25, 0.3) is 5.56 Å². The molecule has 0 bridgehead atoms. The number of halogens is 1. The van der Waals surface area contributed by atoms with Gasteiger partial charge in [-0.15, -0.1) is 0 Å². The molecule has 1 N–H and O–H groups in total. The molecule has 0 aliphatic heterocycles. The molecule has 5 heteroatoms. The molecule has 2 aromatic rings. The summed E-state index contributed by atoms with van der Waals surface area (Å²) in [6.07, 6.45) is 2.17. The number of hydrogen-bond donors (Lipinski definition) is 1. The van der Waals surface area contributed by atoms with E-state index < -0.39 is 5.69 Å². The number of rotatable bonds is 3. The Morgan fingerprint density at radius 1 is 1.22 bits per heavy atom. The highest BCUT2D eigenvalue weighted by atomic mass is 35.5. The van der Waals surface area contributed by atoms with E-state index in [-0.39, 0.29) is 5.56 Å². The minimum Gasteiger partial charge on any atom is -0.296 e. The Bertz CT molecular complexity index is 673. The molecule has 18 heavy (non-hydrogen) atoms. The lowest BCUT2D eigenvalue weighted by atomic mass is 10.2. The number of nitrogens with one attached hydrogen (secondary N) is 1. The predicted molar refractivity (Wildman–Crippen MR) is 71.3 cm³/mol. The molecule has 0 fully saturated rings. The highest BCUT2D eigenvalue weighted by Gasteiger charge is 2.05. The molecule has 0 aliphatic rings. The van der Waals surface area contributed by atoms with E-state index in [1.165, 1.54) is 4.57 Å². The summed E-state index contributed by atoms with van der Waals surface area (Å²) in [6, 6.07) is 7.32. The Balaban J connectivity index is 2.44. The van der Waals surface area contributed by atoms with Gasteiger partial charge >= 0.3 is 5.69 Å². The SMILES string of the molecule is CCc1cn(Cc2ccccc2Cl)c(=O)[nH]c1=O. The van der Waals surface area contributed by atoms with Gasteiger partial charge in [0.15, 0.2) is 0 Å². The molecule has 0 unspecified atom stereocenters. The van der Waals surface area contributed by atoms with Crippen LogP contribution in [0.15, 0.2) is 40.1 Å². The van der Waals surface area contributed by atoms with E-state index in [0.29, 0.717) is 23.6 Å². The van der Waals surface area contributed by atoms with E-state index in [4.69, 9.17) is 11.6 Å². The summed E-state index contributed by atoms with van der Waals surface area (Å²) >= 11 is 6.04. The summed E-state index contributed by atoms with van der Waals surface area (Å²) in [5, 5.41) is 0.605. The molecule has 0 aliphatic carbocycles. The quantitative estimate of drug-likeness (QED) is 0.919. The van der Waals surface area contributed by atoms with Crippen LogP contribution in [0.5, 0.6) is 0 Å². The van der Waals surface area contributed by atoms with Crippen LogP contribution in [0.1, 0.15) is 18.1 Å². The Labute approximate surface area is 109 Å². The van der Waals surface area contributed by atoms with Crippen LogP contribution in [0.4, 0.5) is 0 Å². The fraction of sp³-hybridized carbons (Fsp3) is 0.231. The maximum absolute atomic E-state index is 11.7. The molecule has 0 spiro atoms.